The zero-order valence-electron chi connectivity index (χ0n) is 10.3. The number of carbonyl (C=O) groups excluding carboxylic acids is 1. The molecule has 3 nitrogen and oxygen atoms in total. The molecule has 0 fully saturated rings. The Labute approximate surface area is 136 Å². The van der Waals surface area contributed by atoms with E-state index in [9.17, 15) is 4.79 Å². The van der Waals surface area contributed by atoms with E-state index in [-0.39, 0.29) is 12.4 Å². The number of para-hydroxylation sites is 2. The maximum atomic E-state index is 11.4. The second-order valence-corrected chi connectivity index (χ2v) is 5.22. The van der Waals surface area contributed by atoms with Crippen LogP contribution < -0.4 is 5.32 Å². The van der Waals surface area contributed by atoms with Crippen LogP contribution in [0.4, 0.5) is 11.4 Å². The Morgan fingerprint density at radius 1 is 1.10 bits per heavy atom. The summed E-state index contributed by atoms with van der Waals surface area (Å²) in [5, 5.41) is 4.19. The van der Waals surface area contributed by atoms with Crippen LogP contribution in [0.25, 0.3) is 0 Å². The van der Waals surface area contributed by atoms with Crippen molar-refractivity contribution in [3.63, 3.8) is 0 Å². The molecule has 2 aromatic carbocycles. The Kier molecular flexibility index (Phi) is 5.36. The van der Waals surface area contributed by atoms with Crippen LogP contribution >= 0.6 is 23.2 Å². The molecule has 0 bridgehead atoms. The number of hydrogen-bond donors (Lipinski definition) is 1. The third-order valence-electron chi connectivity index (χ3n) is 2.68. The molecule has 0 aliphatic carbocycles. The van der Waals surface area contributed by atoms with Gasteiger partial charge in [0.2, 0.25) is 0 Å². The summed E-state index contributed by atoms with van der Waals surface area (Å²) in [5.74, 6) is -0.329. The average Bonchev–Trinajstić information content (AvgIpc) is 2.44. The van der Waals surface area contributed by atoms with Crippen molar-refractivity contribution in [2.75, 3.05) is 5.32 Å². The van der Waals surface area contributed by atoms with Gasteiger partial charge in [-0.15, -0.1) is 0 Å². The third kappa shape index (κ3) is 3.69. The van der Waals surface area contributed by atoms with Crippen LogP contribution in [0.5, 0.6) is 0 Å². The first-order valence-electron chi connectivity index (χ1n) is 5.75. The summed E-state index contributed by atoms with van der Waals surface area (Å²) in [6.45, 7) is 0. The summed E-state index contributed by atoms with van der Waals surface area (Å²) >= 11 is 14.0. The molecule has 0 saturated heterocycles. The van der Waals surface area contributed by atoms with Crippen LogP contribution in [0.3, 0.4) is 0 Å². The van der Waals surface area contributed by atoms with Crippen molar-refractivity contribution in [1.82, 2.24) is 0 Å². The molecule has 0 amide bonds. The first-order chi connectivity index (χ1) is 9.61. The Balaban J connectivity index is 2.32. The van der Waals surface area contributed by atoms with E-state index < -0.39 is 0 Å². The van der Waals surface area contributed by atoms with Crippen LogP contribution in [0.1, 0.15) is 5.56 Å². The third-order valence-corrected chi connectivity index (χ3v) is 3.73. The van der Waals surface area contributed by atoms with Crippen LogP contribution in [0, 0.1) is 0 Å². The Morgan fingerprint density at radius 3 is 2.40 bits per heavy atom. The number of rotatable bonds is 4. The van der Waals surface area contributed by atoms with Crippen molar-refractivity contribution in [2.24, 2.45) is 0 Å². The molecule has 102 valence electrons. The summed E-state index contributed by atoms with van der Waals surface area (Å²) in [6.07, 6.45) is 0.167. The zero-order chi connectivity index (χ0) is 14.5. The second-order valence-electron chi connectivity index (χ2n) is 4.02. The molecule has 0 unspecified atom stereocenters. The molecule has 0 aliphatic rings. The van der Waals surface area contributed by atoms with Gasteiger partial charge in [-0.2, -0.15) is 0 Å². The molecule has 0 atom stereocenters. The van der Waals surface area contributed by atoms with E-state index in [4.69, 9.17) is 23.2 Å². The van der Waals surface area contributed by atoms with Gasteiger partial charge in [0, 0.05) is 0 Å². The van der Waals surface area contributed by atoms with Crippen molar-refractivity contribution in [2.45, 2.75) is 6.42 Å². The summed E-state index contributed by atoms with van der Waals surface area (Å²) in [4.78, 5) is 11.4. The SMILES string of the molecule is O=C(Cc1ccccc1Nc1c(Cl)cccc1Cl)O[As]. The summed E-state index contributed by atoms with van der Waals surface area (Å²) in [6, 6.07) is 12.7. The number of carbonyl (C=O) groups is 1. The molecule has 2 radical (unpaired) electrons. The molecule has 20 heavy (non-hydrogen) atoms. The topological polar surface area (TPSA) is 38.3 Å². The fraction of sp³-hybridized carbons (Fsp3) is 0.0714. The van der Waals surface area contributed by atoms with Crippen molar-refractivity contribution in [1.29, 1.82) is 0 Å². The molecule has 0 spiro atoms. The number of benzene rings is 2. The normalized spacial score (nSPS) is 10.2. The van der Waals surface area contributed by atoms with Crippen molar-refractivity contribution in [3.8, 4) is 0 Å². The molecule has 0 aromatic heterocycles. The van der Waals surface area contributed by atoms with Gasteiger partial charge in [-0.25, -0.2) is 0 Å². The van der Waals surface area contributed by atoms with E-state index in [1.54, 1.807) is 35.4 Å². The van der Waals surface area contributed by atoms with Crippen molar-refractivity contribution < 1.29 is 8.52 Å². The van der Waals surface area contributed by atoms with Crippen molar-refractivity contribution >= 4 is 57.7 Å². The number of halogens is 2. The van der Waals surface area contributed by atoms with Gasteiger partial charge in [-0.1, -0.05) is 0 Å². The van der Waals surface area contributed by atoms with Gasteiger partial charge in [-0.3, -0.25) is 0 Å². The standard InChI is InChI=1S/C14H10AsCl2NO2/c15-20-13(19)8-9-4-1-2-7-12(9)18-14-10(16)5-3-6-11(14)17/h1-7,18H,8H2. The van der Waals surface area contributed by atoms with E-state index in [0.29, 0.717) is 15.7 Å². The van der Waals surface area contributed by atoms with Gasteiger partial charge in [0.15, 0.2) is 0 Å². The predicted octanol–water partition coefficient (Wildman–Crippen LogP) is 3.91. The van der Waals surface area contributed by atoms with Gasteiger partial charge >= 0.3 is 136 Å². The summed E-state index contributed by atoms with van der Waals surface area (Å²) in [5.41, 5.74) is 2.18. The van der Waals surface area contributed by atoms with Gasteiger partial charge in [0.25, 0.3) is 0 Å². The van der Waals surface area contributed by atoms with Crippen LogP contribution in [0.2, 0.25) is 10.0 Å². The second kappa shape index (κ2) is 7.03. The quantitative estimate of drug-likeness (QED) is 0.830. The van der Waals surface area contributed by atoms with Gasteiger partial charge in [0.1, 0.15) is 0 Å². The minimum atomic E-state index is -0.329. The van der Waals surface area contributed by atoms with Crippen LogP contribution in [-0.4, -0.2) is 23.2 Å². The zero-order valence-corrected chi connectivity index (χ0v) is 13.7. The molecule has 0 aliphatic heterocycles. The number of hydrogen-bond acceptors (Lipinski definition) is 3. The molecule has 0 saturated carbocycles. The minimum absolute atomic E-state index is 0.167. The first-order valence-corrected chi connectivity index (χ1v) is 7.27. The fourth-order valence-electron chi connectivity index (χ4n) is 1.74. The molecule has 1 N–H and O–H groups in total. The Hall–Kier alpha value is -1.15. The van der Waals surface area contributed by atoms with E-state index in [2.05, 4.69) is 9.04 Å². The van der Waals surface area contributed by atoms with Crippen molar-refractivity contribution in [3.05, 3.63) is 58.1 Å². The van der Waals surface area contributed by atoms with Crippen LogP contribution in [0.15, 0.2) is 42.5 Å². The molecule has 2 aromatic rings. The van der Waals surface area contributed by atoms with E-state index in [0.717, 1.165) is 11.3 Å². The molecular weight excluding hydrogens is 360 g/mol. The van der Waals surface area contributed by atoms with E-state index in [1.807, 2.05) is 24.3 Å². The fourth-order valence-corrected chi connectivity index (χ4v) is 2.36. The average molecular weight is 370 g/mol. The summed E-state index contributed by atoms with van der Waals surface area (Å²) in [7, 11) is 0. The Morgan fingerprint density at radius 2 is 1.75 bits per heavy atom. The van der Waals surface area contributed by atoms with E-state index in [1.165, 1.54) is 0 Å². The summed E-state index contributed by atoms with van der Waals surface area (Å²) < 4.78 is 4.63. The van der Waals surface area contributed by atoms with Gasteiger partial charge in [0.05, 0.1) is 0 Å². The molecule has 2 rings (SSSR count). The Bertz CT molecular complexity index is 614. The molecule has 0 heterocycles. The number of nitrogens with one attached hydrogen (secondary N) is 1. The van der Waals surface area contributed by atoms with E-state index >= 15 is 0 Å². The molecule has 6 heteroatoms. The maximum absolute atomic E-state index is 11.4. The predicted molar refractivity (Wildman–Crippen MR) is 81.7 cm³/mol. The monoisotopic (exact) mass is 369 g/mol. The van der Waals surface area contributed by atoms with Crippen LogP contribution in [-0.2, 0) is 14.9 Å². The molecular formula is C14H10AsCl2NO2. The number of anilines is 2. The van der Waals surface area contributed by atoms with Gasteiger partial charge in [-0.05, 0) is 0 Å². The van der Waals surface area contributed by atoms with Gasteiger partial charge < -0.3 is 0 Å². The first kappa shape index (κ1) is 15.2.